The molecule has 1 saturated carbocycles. The van der Waals surface area contributed by atoms with Gasteiger partial charge in [-0.25, -0.2) is 0 Å². The van der Waals surface area contributed by atoms with Gasteiger partial charge < -0.3 is 14.7 Å². The van der Waals surface area contributed by atoms with Crippen LogP contribution in [-0.2, 0) is 0 Å². The number of hydrogen-bond donors (Lipinski definition) is 1. The molecule has 0 bridgehead atoms. The van der Waals surface area contributed by atoms with E-state index in [0.29, 0.717) is 19.2 Å². The maximum atomic E-state index is 10.1. The summed E-state index contributed by atoms with van der Waals surface area (Å²) in [5.41, 5.74) is 1.22. The second kappa shape index (κ2) is 7.65. The van der Waals surface area contributed by atoms with Crippen LogP contribution in [0.15, 0.2) is 24.3 Å². The summed E-state index contributed by atoms with van der Waals surface area (Å²) in [6.45, 7) is 3.11. The van der Waals surface area contributed by atoms with E-state index in [1.807, 2.05) is 24.3 Å². The lowest BCUT2D eigenvalue weighted by atomic mass is 9.94. The molecule has 2 rings (SSSR count). The fourth-order valence-corrected chi connectivity index (χ4v) is 2.88. The molecule has 0 heterocycles. The van der Waals surface area contributed by atoms with E-state index in [1.165, 1.54) is 37.7 Å². The normalized spacial score (nSPS) is 18.2. The summed E-state index contributed by atoms with van der Waals surface area (Å²) in [5, 5.41) is 10.1. The number of ether oxygens (including phenoxy) is 1. The molecule has 0 aromatic heterocycles. The van der Waals surface area contributed by atoms with E-state index >= 15 is 0 Å². The van der Waals surface area contributed by atoms with Crippen LogP contribution in [0.4, 0.5) is 0 Å². The highest BCUT2D eigenvalue weighted by atomic mass is 16.5. The summed E-state index contributed by atoms with van der Waals surface area (Å²) >= 11 is 0. The van der Waals surface area contributed by atoms with Crippen LogP contribution < -0.4 is 4.74 Å². The Kier molecular flexibility index (Phi) is 5.86. The van der Waals surface area contributed by atoms with E-state index in [0.717, 1.165) is 5.75 Å². The number of rotatable bonds is 6. The molecule has 20 heavy (non-hydrogen) atoms. The third-order valence-electron chi connectivity index (χ3n) is 4.16. The molecular weight excluding hydrogens is 250 g/mol. The zero-order chi connectivity index (χ0) is 14.4. The van der Waals surface area contributed by atoms with Crippen molar-refractivity contribution in [3.8, 4) is 5.75 Å². The molecule has 1 aliphatic carbocycles. The van der Waals surface area contributed by atoms with E-state index < -0.39 is 6.10 Å². The molecule has 0 spiro atoms. The van der Waals surface area contributed by atoms with E-state index in [4.69, 9.17) is 4.74 Å². The number of nitrogens with zero attached hydrogens (tertiary/aromatic N) is 1. The minimum atomic E-state index is -0.428. The molecular formula is C17H27NO2. The van der Waals surface area contributed by atoms with Crippen LogP contribution in [0.25, 0.3) is 0 Å². The van der Waals surface area contributed by atoms with Gasteiger partial charge in [0, 0.05) is 12.6 Å². The molecule has 1 atom stereocenters. The molecule has 1 aromatic rings. The van der Waals surface area contributed by atoms with Crippen LogP contribution in [0.3, 0.4) is 0 Å². The van der Waals surface area contributed by atoms with Crippen molar-refractivity contribution in [2.24, 2.45) is 0 Å². The Labute approximate surface area is 122 Å². The molecule has 3 heteroatoms. The van der Waals surface area contributed by atoms with Crippen LogP contribution >= 0.6 is 0 Å². The Morgan fingerprint density at radius 2 is 1.85 bits per heavy atom. The monoisotopic (exact) mass is 277 g/mol. The Morgan fingerprint density at radius 3 is 2.50 bits per heavy atom. The van der Waals surface area contributed by atoms with Gasteiger partial charge in [-0.15, -0.1) is 0 Å². The van der Waals surface area contributed by atoms with Crippen molar-refractivity contribution in [1.29, 1.82) is 0 Å². The van der Waals surface area contributed by atoms with Crippen molar-refractivity contribution in [2.45, 2.75) is 51.2 Å². The Balaban J connectivity index is 1.71. The topological polar surface area (TPSA) is 32.7 Å². The van der Waals surface area contributed by atoms with Crippen molar-refractivity contribution in [3.05, 3.63) is 29.8 Å². The van der Waals surface area contributed by atoms with Gasteiger partial charge in [-0.3, -0.25) is 0 Å². The highest BCUT2D eigenvalue weighted by molar-refractivity contribution is 5.26. The number of aliphatic hydroxyl groups excluding tert-OH is 1. The molecule has 1 aliphatic rings. The predicted molar refractivity (Wildman–Crippen MR) is 82.2 cm³/mol. The van der Waals surface area contributed by atoms with Crippen LogP contribution in [0.5, 0.6) is 5.75 Å². The van der Waals surface area contributed by atoms with Gasteiger partial charge >= 0.3 is 0 Å². The van der Waals surface area contributed by atoms with E-state index in [-0.39, 0.29) is 0 Å². The molecule has 1 aromatic carbocycles. The van der Waals surface area contributed by atoms with Gasteiger partial charge in [-0.1, -0.05) is 37.0 Å². The lowest BCUT2D eigenvalue weighted by Crippen LogP contribution is -2.40. The summed E-state index contributed by atoms with van der Waals surface area (Å²) in [4.78, 5) is 2.29. The second-order valence-electron chi connectivity index (χ2n) is 6.01. The quantitative estimate of drug-likeness (QED) is 0.867. The zero-order valence-corrected chi connectivity index (χ0v) is 12.7. The number of aliphatic hydroxyl groups is 1. The highest BCUT2D eigenvalue weighted by Crippen LogP contribution is 2.21. The molecule has 0 amide bonds. The highest BCUT2D eigenvalue weighted by Gasteiger charge is 2.20. The van der Waals surface area contributed by atoms with Crippen LogP contribution in [0.1, 0.15) is 37.7 Å². The molecule has 3 nitrogen and oxygen atoms in total. The molecule has 0 saturated heterocycles. The number of aryl methyl sites for hydroxylation is 1. The standard InChI is InChI=1S/C17H27NO2/c1-14-8-10-17(11-9-14)20-13-16(19)12-18(2)15-6-4-3-5-7-15/h8-11,15-16,19H,3-7,12-13H2,1-2H3/t16-/m0/s1. The van der Waals surface area contributed by atoms with Gasteiger partial charge in [0.1, 0.15) is 18.5 Å². The number of hydrogen-bond acceptors (Lipinski definition) is 3. The first kappa shape index (κ1) is 15.3. The minimum Gasteiger partial charge on any atom is -0.491 e. The van der Waals surface area contributed by atoms with Crippen LogP contribution in [-0.4, -0.2) is 42.4 Å². The Bertz CT molecular complexity index is 384. The molecule has 112 valence electrons. The fraction of sp³-hybridized carbons (Fsp3) is 0.647. The van der Waals surface area contributed by atoms with Crippen LogP contribution in [0.2, 0.25) is 0 Å². The average Bonchev–Trinajstić information content (AvgIpc) is 2.47. The molecule has 0 aliphatic heterocycles. The molecule has 0 radical (unpaired) electrons. The van der Waals surface area contributed by atoms with Gasteiger partial charge in [-0.2, -0.15) is 0 Å². The summed E-state index contributed by atoms with van der Waals surface area (Å²) in [7, 11) is 2.12. The van der Waals surface area contributed by atoms with Crippen molar-refractivity contribution in [3.63, 3.8) is 0 Å². The van der Waals surface area contributed by atoms with Gasteiger partial charge in [0.05, 0.1) is 0 Å². The predicted octanol–water partition coefficient (Wildman–Crippen LogP) is 3.00. The first-order chi connectivity index (χ1) is 9.65. The Hall–Kier alpha value is -1.06. The second-order valence-corrected chi connectivity index (χ2v) is 6.01. The van der Waals surface area contributed by atoms with Crippen molar-refractivity contribution in [1.82, 2.24) is 4.90 Å². The maximum Gasteiger partial charge on any atom is 0.119 e. The number of benzene rings is 1. The maximum absolute atomic E-state index is 10.1. The molecule has 1 fully saturated rings. The minimum absolute atomic E-state index is 0.361. The summed E-state index contributed by atoms with van der Waals surface area (Å²) in [6, 6.07) is 8.59. The van der Waals surface area contributed by atoms with E-state index in [2.05, 4.69) is 18.9 Å². The Morgan fingerprint density at radius 1 is 1.20 bits per heavy atom. The van der Waals surface area contributed by atoms with Crippen molar-refractivity contribution >= 4 is 0 Å². The van der Waals surface area contributed by atoms with Crippen LogP contribution in [0, 0.1) is 6.92 Å². The molecule has 0 unspecified atom stereocenters. The zero-order valence-electron chi connectivity index (χ0n) is 12.7. The number of likely N-dealkylation sites (N-methyl/N-ethyl adjacent to an activating group) is 1. The van der Waals surface area contributed by atoms with Gasteiger partial charge in [-0.05, 0) is 38.9 Å². The van der Waals surface area contributed by atoms with E-state index in [1.54, 1.807) is 0 Å². The lowest BCUT2D eigenvalue weighted by Gasteiger charge is -2.32. The summed E-state index contributed by atoms with van der Waals surface area (Å²) < 4.78 is 5.63. The van der Waals surface area contributed by atoms with Gasteiger partial charge in [0.15, 0.2) is 0 Å². The SMILES string of the molecule is Cc1ccc(OC[C@@H](O)CN(C)C2CCCCC2)cc1. The lowest BCUT2D eigenvalue weighted by molar-refractivity contribution is 0.0561. The first-order valence-corrected chi connectivity index (χ1v) is 7.73. The summed E-state index contributed by atoms with van der Waals surface area (Å²) in [5.74, 6) is 0.829. The average molecular weight is 277 g/mol. The summed E-state index contributed by atoms with van der Waals surface area (Å²) in [6.07, 6.45) is 6.12. The smallest absolute Gasteiger partial charge is 0.119 e. The van der Waals surface area contributed by atoms with Gasteiger partial charge in [0.2, 0.25) is 0 Å². The van der Waals surface area contributed by atoms with Crippen molar-refractivity contribution in [2.75, 3.05) is 20.2 Å². The largest absolute Gasteiger partial charge is 0.491 e. The first-order valence-electron chi connectivity index (χ1n) is 7.73. The van der Waals surface area contributed by atoms with Crippen molar-refractivity contribution < 1.29 is 9.84 Å². The third-order valence-corrected chi connectivity index (χ3v) is 4.16. The van der Waals surface area contributed by atoms with Gasteiger partial charge in [0.25, 0.3) is 0 Å². The fourth-order valence-electron chi connectivity index (χ4n) is 2.88. The van der Waals surface area contributed by atoms with E-state index in [9.17, 15) is 5.11 Å². The molecule has 1 N–H and O–H groups in total. The third kappa shape index (κ3) is 4.80.